The first-order valence-electron chi connectivity index (χ1n) is 8.52. The van der Waals surface area contributed by atoms with Crippen molar-refractivity contribution in [1.29, 1.82) is 0 Å². The van der Waals surface area contributed by atoms with Gasteiger partial charge in [0.1, 0.15) is 11.5 Å². The minimum Gasteiger partial charge on any atom is -0.333 e. The van der Waals surface area contributed by atoms with E-state index in [0.29, 0.717) is 17.5 Å². The molecule has 0 radical (unpaired) electrons. The fraction of sp³-hybridized carbons (Fsp3) is 0.588. The molecule has 0 bridgehead atoms. The van der Waals surface area contributed by atoms with Crippen LogP contribution in [0.15, 0.2) is 18.5 Å². The minimum atomic E-state index is 0.000995. The molecule has 1 fully saturated rings. The summed E-state index contributed by atoms with van der Waals surface area (Å²) in [5, 5.41) is 7.32. The highest BCUT2D eigenvalue weighted by Crippen LogP contribution is 2.39. The molecule has 6 nitrogen and oxygen atoms in total. The Kier molecular flexibility index (Phi) is 3.47. The Hall–Kier alpha value is -2.11. The number of amides is 1. The predicted octanol–water partition coefficient (Wildman–Crippen LogP) is 2.73. The number of aryl methyl sites for hydroxylation is 1. The average molecular weight is 313 g/mol. The number of carbonyl (C=O) groups excluding carboxylic acids is 1. The molecular weight excluding hydrogens is 290 g/mol. The van der Waals surface area contributed by atoms with E-state index >= 15 is 0 Å². The molecule has 1 aliphatic carbocycles. The van der Waals surface area contributed by atoms with Crippen LogP contribution >= 0.6 is 0 Å². The lowest BCUT2D eigenvalue weighted by Crippen LogP contribution is -2.38. The summed E-state index contributed by atoms with van der Waals surface area (Å²) in [5.74, 6) is 1.89. The number of nitrogens with zero attached hydrogens (tertiary/aromatic N) is 4. The molecule has 3 heterocycles. The highest BCUT2D eigenvalue weighted by Gasteiger charge is 2.35. The quantitative estimate of drug-likeness (QED) is 0.947. The topological polar surface area (TPSA) is 66.8 Å². The minimum absolute atomic E-state index is 0.000995. The van der Waals surface area contributed by atoms with Gasteiger partial charge in [-0.05, 0) is 31.2 Å². The van der Waals surface area contributed by atoms with Crippen molar-refractivity contribution >= 4 is 5.91 Å². The van der Waals surface area contributed by atoms with Gasteiger partial charge in [0.2, 0.25) is 0 Å². The van der Waals surface area contributed by atoms with E-state index < -0.39 is 0 Å². The van der Waals surface area contributed by atoms with E-state index in [1.165, 1.54) is 12.8 Å². The fourth-order valence-corrected chi connectivity index (χ4v) is 3.55. The van der Waals surface area contributed by atoms with Gasteiger partial charge in [-0.2, -0.15) is 5.10 Å². The molecule has 1 unspecified atom stereocenters. The summed E-state index contributed by atoms with van der Waals surface area (Å²) in [5.41, 5.74) is 1.64. The summed E-state index contributed by atoms with van der Waals surface area (Å²) in [6.07, 6.45) is 7.19. The van der Waals surface area contributed by atoms with E-state index in [9.17, 15) is 4.79 Å². The van der Waals surface area contributed by atoms with Crippen LogP contribution in [0, 0.1) is 5.92 Å². The van der Waals surface area contributed by atoms with E-state index in [4.69, 9.17) is 0 Å². The van der Waals surface area contributed by atoms with E-state index in [1.807, 2.05) is 23.4 Å². The van der Waals surface area contributed by atoms with Crippen LogP contribution in [0.2, 0.25) is 0 Å². The summed E-state index contributed by atoms with van der Waals surface area (Å²) < 4.78 is 2.18. The Morgan fingerprint density at radius 3 is 2.91 bits per heavy atom. The number of hydrogen-bond donors (Lipinski definition) is 1. The lowest BCUT2D eigenvalue weighted by Gasteiger charge is -2.31. The number of aromatic nitrogens is 4. The third-order valence-corrected chi connectivity index (χ3v) is 4.87. The summed E-state index contributed by atoms with van der Waals surface area (Å²) >= 11 is 0. The zero-order valence-electron chi connectivity index (χ0n) is 13.7. The van der Waals surface area contributed by atoms with Crippen molar-refractivity contribution in [2.24, 2.45) is 5.92 Å². The molecule has 0 spiro atoms. The predicted molar refractivity (Wildman–Crippen MR) is 86.0 cm³/mol. The van der Waals surface area contributed by atoms with Crippen LogP contribution in [-0.4, -0.2) is 37.1 Å². The number of imidazole rings is 1. The zero-order valence-corrected chi connectivity index (χ0v) is 13.7. The summed E-state index contributed by atoms with van der Waals surface area (Å²) in [7, 11) is 0. The second kappa shape index (κ2) is 5.51. The van der Waals surface area contributed by atoms with Gasteiger partial charge in [0.25, 0.3) is 5.91 Å². The van der Waals surface area contributed by atoms with Crippen molar-refractivity contribution in [2.45, 2.75) is 51.6 Å². The van der Waals surface area contributed by atoms with Gasteiger partial charge in [-0.25, -0.2) is 4.98 Å². The van der Waals surface area contributed by atoms with E-state index in [2.05, 4.69) is 33.6 Å². The Morgan fingerprint density at radius 2 is 2.17 bits per heavy atom. The molecule has 1 saturated carbocycles. The van der Waals surface area contributed by atoms with Crippen LogP contribution in [0.25, 0.3) is 0 Å². The number of carbonyl (C=O) groups is 1. The molecule has 6 heteroatoms. The molecule has 1 N–H and O–H groups in total. The van der Waals surface area contributed by atoms with Gasteiger partial charge in [0.15, 0.2) is 0 Å². The van der Waals surface area contributed by atoms with Crippen molar-refractivity contribution in [2.75, 3.05) is 6.54 Å². The standard InChI is InChI=1S/C17H23N5O/c1-11(2)15-16-18-6-9-21(16)7-3-8-22(15)17(23)14-10-13(19-20-14)12-4-5-12/h6,9-12,15H,3-5,7-8H2,1-2H3,(H,19,20). The number of rotatable bonds is 3. The van der Waals surface area contributed by atoms with Crippen LogP contribution in [0.5, 0.6) is 0 Å². The maximum Gasteiger partial charge on any atom is 0.274 e. The first-order chi connectivity index (χ1) is 11.1. The first-order valence-corrected chi connectivity index (χ1v) is 8.52. The van der Waals surface area contributed by atoms with Crippen molar-refractivity contribution in [3.05, 3.63) is 35.7 Å². The molecule has 0 saturated heterocycles. The number of fused-ring (bicyclic) bond motifs is 1. The summed E-state index contributed by atoms with van der Waals surface area (Å²) in [6.45, 7) is 5.96. The summed E-state index contributed by atoms with van der Waals surface area (Å²) in [6, 6.07) is 1.94. The summed E-state index contributed by atoms with van der Waals surface area (Å²) in [4.78, 5) is 19.6. The number of H-pyrrole nitrogens is 1. The Balaban J connectivity index is 1.66. The molecule has 2 aromatic rings. The maximum absolute atomic E-state index is 13.1. The van der Waals surface area contributed by atoms with Crippen molar-refractivity contribution in [1.82, 2.24) is 24.6 Å². The Morgan fingerprint density at radius 1 is 1.35 bits per heavy atom. The second-order valence-electron chi connectivity index (χ2n) is 7.00. The fourth-order valence-electron chi connectivity index (χ4n) is 3.55. The van der Waals surface area contributed by atoms with Crippen molar-refractivity contribution < 1.29 is 4.79 Å². The molecule has 1 amide bonds. The van der Waals surface area contributed by atoms with Crippen LogP contribution in [0.3, 0.4) is 0 Å². The lowest BCUT2D eigenvalue weighted by atomic mass is 10.0. The molecule has 0 aromatic carbocycles. The SMILES string of the molecule is CC(C)C1c2nccn2CCCN1C(=O)c1cc(C2CC2)[nH]n1. The Labute approximate surface area is 135 Å². The van der Waals surface area contributed by atoms with Gasteiger partial charge in [0, 0.05) is 37.1 Å². The largest absolute Gasteiger partial charge is 0.333 e. The van der Waals surface area contributed by atoms with Gasteiger partial charge in [0.05, 0.1) is 6.04 Å². The Bertz CT molecular complexity index is 712. The molecule has 122 valence electrons. The zero-order chi connectivity index (χ0) is 16.0. The van der Waals surface area contributed by atoms with E-state index in [0.717, 1.165) is 31.0 Å². The van der Waals surface area contributed by atoms with Gasteiger partial charge in [-0.3, -0.25) is 9.89 Å². The lowest BCUT2D eigenvalue weighted by molar-refractivity contribution is 0.0616. The van der Waals surface area contributed by atoms with Gasteiger partial charge >= 0.3 is 0 Å². The molecule has 1 aliphatic heterocycles. The van der Waals surface area contributed by atoms with Crippen molar-refractivity contribution in [3.8, 4) is 0 Å². The first kappa shape index (κ1) is 14.5. The normalized spacial score (nSPS) is 21.3. The third-order valence-electron chi connectivity index (χ3n) is 4.87. The van der Waals surface area contributed by atoms with Gasteiger partial charge < -0.3 is 9.47 Å². The highest BCUT2D eigenvalue weighted by molar-refractivity contribution is 5.92. The molecule has 4 rings (SSSR count). The van der Waals surface area contributed by atoms with E-state index in [-0.39, 0.29) is 11.9 Å². The second-order valence-corrected chi connectivity index (χ2v) is 7.00. The molecule has 2 aromatic heterocycles. The van der Waals surface area contributed by atoms with Crippen molar-refractivity contribution in [3.63, 3.8) is 0 Å². The van der Waals surface area contributed by atoms with Crippen LogP contribution < -0.4 is 0 Å². The number of aromatic amines is 1. The van der Waals surface area contributed by atoms with Crippen LogP contribution in [-0.2, 0) is 6.54 Å². The highest BCUT2D eigenvalue weighted by atomic mass is 16.2. The monoisotopic (exact) mass is 313 g/mol. The molecular formula is C17H23N5O. The van der Waals surface area contributed by atoms with E-state index in [1.54, 1.807) is 0 Å². The molecule has 1 atom stereocenters. The molecule has 23 heavy (non-hydrogen) atoms. The molecule has 2 aliphatic rings. The average Bonchev–Trinajstić information content (AvgIpc) is 3.15. The van der Waals surface area contributed by atoms with Gasteiger partial charge in [-0.1, -0.05) is 13.8 Å². The van der Waals surface area contributed by atoms with Crippen LogP contribution in [0.1, 0.15) is 67.1 Å². The smallest absolute Gasteiger partial charge is 0.274 e. The van der Waals surface area contributed by atoms with Crippen LogP contribution in [0.4, 0.5) is 0 Å². The maximum atomic E-state index is 13.1. The number of hydrogen-bond acceptors (Lipinski definition) is 3. The van der Waals surface area contributed by atoms with Gasteiger partial charge in [-0.15, -0.1) is 0 Å². The number of nitrogens with one attached hydrogen (secondary N) is 1. The third kappa shape index (κ3) is 2.56.